The average Bonchev–Trinajstić information content (AvgIpc) is 2.98. The molecule has 1 aliphatic rings. The predicted molar refractivity (Wildman–Crippen MR) is 164 cm³/mol. The number of likely N-dealkylation sites (tertiary alicyclic amines) is 1. The number of amides is 3. The van der Waals surface area contributed by atoms with Gasteiger partial charge in [-0.2, -0.15) is 5.26 Å². The maximum absolute atomic E-state index is 13.7. The van der Waals surface area contributed by atoms with Crippen molar-refractivity contribution in [2.75, 3.05) is 31.5 Å². The molecule has 3 aromatic rings. The predicted octanol–water partition coefficient (Wildman–Crippen LogP) is 4.66. The summed E-state index contributed by atoms with van der Waals surface area (Å²) in [5.41, 5.74) is 1.96. The molecule has 4 rings (SSSR count). The number of pyridine rings is 1. The van der Waals surface area contributed by atoms with E-state index in [1.807, 2.05) is 6.07 Å². The van der Waals surface area contributed by atoms with Crippen LogP contribution < -0.4 is 16.0 Å². The smallest absolute Gasteiger partial charge is 0.407 e. The lowest BCUT2D eigenvalue weighted by molar-refractivity contribution is -0.135. The molecular weight excluding hydrogens is 563 g/mol. The summed E-state index contributed by atoms with van der Waals surface area (Å²) in [7, 11) is 0. The summed E-state index contributed by atoms with van der Waals surface area (Å²) < 4.78 is 18.9. The van der Waals surface area contributed by atoms with Gasteiger partial charge < -0.3 is 25.6 Å². The quantitative estimate of drug-likeness (QED) is 0.308. The molecule has 2 aromatic carbocycles. The highest BCUT2D eigenvalue weighted by Crippen LogP contribution is 2.25. The maximum atomic E-state index is 13.7. The Balaban J connectivity index is 1.47. The number of ether oxygens (including phenoxy) is 1. The molecule has 0 aliphatic carbocycles. The van der Waals surface area contributed by atoms with Crippen LogP contribution in [0.4, 0.5) is 15.0 Å². The number of hydrogen-bond donors (Lipinski definition) is 3. The molecule has 1 fully saturated rings. The Morgan fingerprint density at radius 3 is 2.66 bits per heavy atom. The first-order chi connectivity index (χ1) is 21.0. The third-order valence-corrected chi connectivity index (χ3v) is 6.94. The molecule has 10 nitrogen and oxygen atoms in total. The van der Waals surface area contributed by atoms with Gasteiger partial charge in [0, 0.05) is 31.7 Å². The van der Waals surface area contributed by atoms with Gasteiger partial charge in [-0.25, -0.2) is 14.2 Å². The van der Waals surface area contributed by atoms with Gasteiger partial charge in [0.25, 0.3) is 5.91 Å². The first-order valence-electron chi connectivity index (χ1n) is 14.6. The first kappa shape index (κ1) is 31.9. The third-order valence-electron chi connectivity index (χ3n) is 6.94. The molecule has 3 amide bonds. The molecule has 1 saturated heterocycles. The van der Waals surface area contributed by atoms with E-state index in [1.165, 1.54) is 12.1 Å². The molecule has 0 unspecified atom stereocenters. The van der Waals surface area contributed by atoms with Crippen LogP contribution in [0.5, 0.6) is 0 Å². The number of nitrogens with zero attached hydrogens (tertiary/aromatic N) is 3. The van der Waals surface area contributed by atoms with Crippen LogP contribution in [-0.2, 0) is 16.0 Å². The number of alkyl carbamates (subject to hydrolysis) is 1. The SMILES string of the molecule is CC(C)(C)OC(=O)NCCN1CCC[C@H](NC(=O)c2ccc(-c3ccccc3C#N)nc2NCCc2cccc(F)c2)C1=O. The van der Waals surface area contributed by atoms with Crippen molar-refractivity contribution in [1.82, 2.24) is 20.5 Å². The highest BCUT2D eigenvalue weighted by molar-refractivity contribution is 6.01. The van der Waals surface area contributed by atoms with Gasteiger partial charge >= 0.3 is 6.09 Å². The largest absolute Gasteiger partial charge is 0.444 e. The van der Waals surface area contributed by atoms with E-state index in [0.717, 1.165) is 5.56 Å². The number of carbonyl (C=O) groups excluding carboxylic acids is 3. The van der Waals surface area contributed by atoms with Crippen LogP contribution in [0, 0.1) is 17.1 Å². The fourth-order valence-electron chi connectivity index (χ4n) is 4.89. The van der Waals surface area contributed by atoms with E-state index in [-0.39, 0.29) is 36.2 Å². The maximum Gasteiger partial charge on any atom is 0.407 e. The number of rotatable bonds is 10. The molecule has 11 heteroatoms. The lowest BCUT2D eigenvalue weighted by atomic mass is 10.0. The summed E-state index contributed by atoms with van der Waals surface area (Å²) in [6.07, 6.45) is 1.08. The molecule has 0 spiro atoms. The van der Waals surface area contributed by atoms with Crippen molar-refractivity contribution in [2.45, 2.75) is 51.7 Å². The second-order valence-electron chi connectivity index (χ2n) is 11.5. The molecule has 0 radical (unpaired) electrons. The van der Waals surface area contributed by atoms with Gasteiger partial charge in [0.05, 0.1) is 22.9 Å². The molecule has 1 atom stereocenters. The number of anilines is 1. The molecule has 44 heavy (non-hydrogen) atoms. The molecule has 3 N–H and O–H groups in total. The third kappa shape index (κ3) is 8.77. The number of halogens is 1. The van der Waals surface area contributed by atoms with Crippen molar-refractivity contribution in [1.29, 1.82) is 5.26 Å². The number of hydrogen-bond acceptors (Lipinski definition) is 7. The summed E-state index contributed by atoms with van der Waals surface area (Å²) >= 11 is 0. The van der Waals surface area contributed by atoms with Crippen LogP contribution in [0.25, 0.3) is 11.3 Å². The summed E-state index contributed by atoms with van der Waals surface area (Å²) in [5.74, 6) is -0.755. The molecule has 0 bridgehead atoms. The fraction of sp³-hybridized carbons (Fsp3) is 0.364. The Bertz CT molecular complexity index is 1550. The minimum atomic E-state index is -0.739. The molecule has 2 heterocycles. The highest BCUT2D eigenvalue weighted by Gasteiger charge is 2.31. The van der Waals surface area contributed by atoms with E-state index in [0.29, 0.717) is 49.2 Å². The first-order valence-corrected chi connectivity index (χ1v) is 14.6. The molecular formula is C33H37FN6O4. The number of carbonyl (C=O) groups is 3. The number of benzene rings is 2. The molecule has 1 aromatic heterocycles. The monoisotopic (exact) mass is 600 g/mol. The summed E-state index contributed by atoms with van der Waals surface area (Å²) in [6, 6.07) is 18.0. The van der Waals surface area contributed by atoms with Crippen molar-refractivity contribution >= 4 is 23.7 Å². The second-order valence-corrected chi connectivity index (χ2v) is 11.5. The van der Waals surface area contributed by atoms with E-state index < -0.39 is 23.6 Å². The minimum Gasteiger partial charge on any atom is -0.444 e. The minimum absolute atomic E-state index is 0.219. The van der Waals surface area contributed by atoms with Gasteiger partial charge in [-0.3, -0.25) is 9.59 Å². The van der Waals surface area contributed by atoms with Gasteiger partial charge in [0.1, 0.15) is 23.3 Å². The number of nitriles is 1. The second kappa shape index (κ2) is 14.5. The Morgan fingerprint density at radius 1 is 1.11 bits per heavy atom. The number of piperidine rings is 1. The van der Waals surface area contributed by atoms with Crippen molar-refractivity contribution in [3.63, 3.8) is 0 Å². The summed E-state index contributed by atoms with van der Waals surface area (Å²) in [5, 5.41) is 18.3. The topological polar surface area (TPSA) is 136 Å². The van der Waals surface area contributed by atoms with E-state index in [1.54, 1.807) is 68.1 Å². The van der Waals surface area contributed by atoms with Crippen LogP contribution in [0.15, 0.2) is 60.7 Å². The van der Waals surface area contributed by atoms with Crippen molar-refractivity contribution in [3.8, 4) is 17.3 Å². The van der Waals surface area contributed by atoms with E-state index in [4.69, 9.17) is 4.74 Å². The molecule has 230 valence electrons. The van der Waals surface area contributed by atoms with Crippen molar-refractivity contribution in [2.24, 2.45) is 0 Å². The average molecular weight is 601 g/mol. The Labute approximate surface area is 256 Å². The normalized spacial score (nSPS) is 14.8. The van der Waals surface area contributed by atoms with Crippen molar-refractivity contribution < 1.29 is 23.5 Å². The van der Waals surface area contributed by atoms with Crippen molar-refractivity contribution in [3.05, 3.63) is 83.2 Å². The van der Waals surface area contributed by atoms with Gasteiger partial charge in [0.15, 0.2) is 0 Å². The van der Waals surface area contributed by atoms with E-state index >= 15 is 0 Å². The zero-order valence-electron chi connectivity index (χ0n) is 25.2. The lowest BCUT2D eigenvalue weighted by Gasteiger charge is -2.33. The fourth-order valence-corrected chi connectivity index (χ4v) is 4.89. The lowest BCUT2D eigenvalue weighted by Crippen LogP contribution is -2.53. The standard InChI is InChI=1S/C33H37FN6O4/c1-33(2,3)44-32(43)37-17-19-40-18-7-12-28(31(40)42)39-30(41)26-13-14-27(25-11-5-4-9-23(25)21-35)38-29(26)36-16-15-22-8-6-10-24(34)20-22/h4-6,8-11,13-14,20,28H,7,12,15-19H2,1-3H3,(H,36,38)(H,37,43)(H,39,41)/t28-/m0/s1. The zero-order valence-corrected chi connectivity index (χ0v) is 25.2. The zero-order chi connectivity index (χ0) is 31.7. The van der Waals surface area contributed by atoms with E-state index in [9.17, 15) is 24.0 Å². The molecule has 0 saturated carbocycles. The van der Waals surface area contributed by atoms with Crippen LogP contribution in [0.2, 0.25) is 0 Å². The number of aromatic nitrogens is 1. The van der Waals surface area contributed by atoms with Crippen LogP contribution in [0.1, 0.15) is 55.1 Å². The Hall–Kier alpha value is -4.98. The van der Waals surface area contributed by atoms with Gasteiger partial charge in [-0.05, 0) is 75.9 Å². The van der Waals surface area contributed by atoms with E-state index in [2.05, 4.69) is 27.0 Å². The van der Waals surface area contributed by atoms with Gasteiger partial charge in [-0.15, -0.1) is 0 Å². The van der Waals surface area contributed by atoms with Crippen LogP contribution >= 0.6 is 0 Å². The summed E-state index contributed by atoms with van der Waals surface area (Å²) in [6.45, 7) is 6.70. The van der Waals surface area contributed by atoms with Gasteiger partial charge in [0.2, 0.25) is 5.91 Å². The Kier molecular flexibility index (Phi) is 10.5. The highest BCUT2D eigenvalue weighted by atomic mass is 19.1. The number of nitrogens with one attached hydrogen (secondary N) is 3. The van der Waals surface area contributed by atoms with Gasteiger partial charge in [-0.1, -0.05) is 30.3 Å². The van der Waals surface area contributed by atoms with Crippen LogP contribution in [-0.4, -0.2) is 65.6 Å². The molecule has 1 aliphatic heterocycles. The Morgan fingerprint density at radius 2 is 1.91 bits per heavy atom. The van der Waals surface area contributed by atoms with Crippen LogP contribution in [0.3, 0.4) is 0 Å². The summed E-state index contributed by atoms with van der Waals surface area (Å²) in [4.78, 5) is 45.0.